The largest absolute Gasteiger partial charge is 0.411 e. The van der Waals surface area contributed by atoms with Gasteiger partial charge in [0.1, 0.15) is 11.0 Å². The number of pyridine rings is 1. The highest BCUT2D eigenvalue weighted by atomic mass is 16.5. The van der Waals surface area contributed by atoms with Crippen molar-refractivity contribution in [2.24, 2.45) is 0 Å². The number of hydrogen-bond acceptors (Lipinski definition) is 4. The van der Waals surface area contributed by atoms with Gasteiger partial charge >= 0.3 is 0 Å². The number of fused-ring (bicyclic) bond motifs is 1. The molecule has 0 aliphatic carbocycles. The lowest BCUT2D eigenvalue weighted by Gasteiger charge is -1.94. The first-order valence-corrected chi connectivity index (χ1v) is 4.10. The summed E-state index contributed by atoms with van der Waals surface area (Å²) in [4.78, 5) is 4.95. The molecule has 0 saturated carbocycles. The molecular weight excluding hydrogens is 168 g/mol. The second-order valence-electron chi connectivity index (χ2n) is 2.64. The van der Waals surface area contributed by atoms with Crippen LogP contribution in [0, 0.1) is 0 Å². The third kappa shape index (κ3) is 1.18. The quantitative estimate of drug-likeness (QED) is 0.676. The van der Waals surface area contributed by atoms with Gasteiger partial charge in [0, 0.05) is 12.7 Å². The minimum Gasteiger partial charge on any atom is -0.411 e. The zero-order valence-corrected chi connectivity index (χ0v) is 7.23. The lowest BCUT2D eigenvalue weighted by molar-refractivity contribution is 0.162. The number of anilines is 1. The third-order valence-corrected chi connectivity index (χ3v) is 1.77. The van der Waals surface area contributed by atoms with Gasteiger partial charge in [-0.3, -0.25) is 4.98 Å². The van der Waals surface area contributed by atoms with Crippen LogP contribution >= 0.6 is 0 Å². The third-order valence-electron chi connectivity index (χ3n) is 1.77. The van der Waals surface area contributed by atoms with Crippen LogP contribution in [0.5, 0.6) is 0 Å². The number of rotatable bonds is 2. The van der Waals surface area contributed by atoms with E-state index in [1.54, 1.807) is 18.3 Å². The number of hydrogen-bond donors (Lipinski definition) is 2. The van der Waals surface area contributed by atoms with E-state index in [1.807, 2.05) is 6.92 Å². The monoisotopic (exact) mass is 178 g/mol. The molecule has 0 fully saturated rings. The van der Waals surface area contributed by atoms with E-state index in [0.29, 0.717) is 16.9 Å². The van der Waals surface area contributed by atoms with Crippen LogP contribution in [0.3, 0.4) is 0 Å². The average molecular weight is 178 g/mol. The molecule has 0 saturated heterocycles. The molecule has 2 rings (SSSR count). The fourth-order valence-electron chi connectivity index (χ4n) is 1.22. The Kier molecular flexibility index (Phi) is 1.77. The maximum Gasteiger partial charge on any atom is 0.178 e. The minimum absolute atomic E-state index is 0.610. The Morgan fingerprint density at radius 2 is 2.46 bits per heavy atom. The molecule has 0 aliphatic rings. The topological polar surface area (TPSA) is 63.0 Å². The van der Waals surface area contributed by atoms with Crippen molar-refractivity contribution < 1.29 is 5.21 Å². The molecule has 0 radical (unpaired) electrons. The highest BCUT2D eigenvalue weighted by Crippen LogP contribution is 2.18. The van der Waals surface area contributed by atoms with Crippen LogP contribution in [0.4, 0.5) is 5.82 Å². The lowest BCUT2D eigenvalue weighted by atomic mass is 10.4. The molecule has 0 atom stereocenters. The zero-order chi connectivity index (χ0) is 9.26. The Bertz CT molecular complexity index is 423. The van der Waals surface area contributed by atoms with Crippen molar-refractivity contribution in [2.75, 3.05) is 11.9 Å². The van der Waals surface area contributed by atoms with Gasteiger partial charge < -0.3 is 10.5 Å². The van der Waals surface area contributed by atoms with Gasteiger partial charge in [-0.15, -0.1) is 5.10 Å². The van der Waals surface area contributed by atoms with Gasteiger partial charge in [-0.2, -0.15) is 0 Å². The van der Waals surface area contributed by atoms with Crippen molar-refractivity contribution in [2.45, 2.75) is 6.92 Å². The first-order chi connectivity index (χ1) is 6.33. The second kappa shape index (κ2) is 2.93. The summed E-state index contributed by atoms with van der Waals surface area (Å²) in [5.74, 6) is 0.612. The van der Waals surface area contributed by atoms with Crippen molar-refractivity contribution >= 4 is 16.9 Å². The van der Waals surface area contributed by atoms with Crippen molar-refractivity contribution in [1.29, 1.82) is 0 Å². The van der Waals surface area contributed by atoms with E-state index in [-0.39, 0.29) is 0 Å². The first-order valence-electron chi connectivity index (χ1n) is 4.10. The molecule has 2 aromatic heterocycles. The van der Waals surface area contributed by atoms with E-state index < -0.39 is 0 Å². The Labute approximate surface area is 75.0 Å². The molecule has 2 heterocycles. The highest BCUT2D eigenvalue weighted by molar-refractivity contribution is 5.85. The Morgan fingerprint density at radius 3 is 3.23 bits per heavy atom. The molecule has 0 unspecified atom stereocenters. The van der Waals surface area contributed by atoms with Gasteiger partial charge in [-0.05, 0) is 19.1 Å². The van der Waals surface area contributed by atoms with Crippen LogP contribution in [0.1, 0.15) is 6.92 Å². The van der Waals surface area contributed by atoms with E-state index in [9.17, 15) is 5.21 Å². The average Bonchev–Trinajstić information content (AvgIpc) is 2.46. The summed E-state index contributed by atoms with van der Waals surface area (Å²) in [5.41, 5.74) is 1.30. The van der Waals surface area contributed by atoms with Gasteiger partial charge in [0.15, 0.2) is 5.82 Å². The minimum atomic E-state index is 0.610. The molecule has 0 aliphatic heterocycles. The molecule has 0 spiro atoms. The molecule has 2 N–H and O–H groups in total. The van der Waals surface area contributed by atoms with E-state index in [1.165, 1.54) is 0 Å². The lowest BCUT2D eigenvalue weighted by Crippen LogP contribution is -1.99. The van der Waals surface area contributed by atoms with Crippen LogP contribution in [0.2, 0.25) is 0 Å². The van der Waals surface area contributed by atoms with Crippen molar-refractivity contribution in [1.82, 2.24) is 14.9 Å². The van der Waals surface area contributed by atoms with Crippen LogP contribution in [-0.4, -0.2) is 26.7 Å². The zero-order valence-electron chi connectivity index (χ0n) is 7.23. The first kappa shape index (κ1) is 7.85. The predicted octanol–water partition coefficient (Wildman–Crippen LogP) is 1.10. The van der Waals surface area contributed by atoms with Gasteiger partial charge in [-0.1, -0.05) is 4.85 Å². The summed E-state index contributed by atoms with van der Waals surface area (Å²) >= 11 is 0. The van der Waals surface area contributed by atoms with E-state index >= 15 is 0 Å². The number of aromatic nitrogens is 3. The molecule has 0 aromatic carbocycles. The second-order valence-corrected chi connectivity index (χ2v) is 2.64. The molecule has 0 amide bonds. The summed E-state index contributed by atoms with van der Waals surface area (Å²) < 4.78 is 0. The van der Waals surface area contributed by atoms with Gasteiger partial charge in [0.25, 0.3) is 0 Å². The Balaban J connectivity index is 2.63. The smallest absolute Gasteiger partial charge is 0.178 e. The summed E-state index contributed by atoms with van der Waals surface area (Å²) in [6.45, 7) is 2.72. The molecule has 5 heteroatoms. The van der Waals surface area contributed by atoms with Crippen molar-refractivity contribution in [3.63, 3.8) is 0 Å². The maximum absolute atomic E-state index is 9.34. The number of nitrogens with zero attached hydrogens (tertiary/aromatic N) is 3. The van der Waals surface area contributed by atoms with Crippen molar-refractivity contribution in [3.05, 3.63) is 18.3 Å². The van der Waals surface area contributed by atoms with E-state index in [4.69, 9.17) is 0 Å². The van der Waals surface area contributed by atoms with Gasteiger partial charge in [0.05, 0.1) is 0 Å². The van der Waals surface area contributed by atoms with Crippen LogP contribution in [0.25, 0.3) is 11.0 Å². The summed E-state index contributed by atoms with van der Waals surface area (Å²) in [6, 6.07) is 3.52. The standard InChI is InChI=1S/C8H10N4O/c1-2-9-8-7-6(12(13)11-8)4-3-5-10-7/h3-5,13H,2H2,1H3,(H,9,11). The van der Waals surface area contributed by atoms with E-state index in [2.05, 4.69) is 15.4 Å². The van der Waals surface area contributed by atoms with Crippen molar-refractivity contribution in [3.8, 4) is 0 Å². The Hall–Kier alpha value is -1.78. The molecule has 0 bridgehead atoms. The SMILES string of the molecule is CCNc1nn(O)c2cccnc12. The molecule has 5 nitrogen and oxygen atoms in total. The maximum atomic E-state index is 9.34. The fraction of sp³-hybridized carbons (Fsp3) is 0.250. The highest BCUT2D eigenvalue weighted by Gasteiger charge is 2.08. The molecule has 2 aromatic rings. The summed E-state index contributed by atoms with van der Waals surface area (Å²) in [7, 11) is 0. The summed E-state index contributed by atoms with van der Waals surface area (Å²) in [5, 5.41) is 16.2. The Morgan fingerprint density at radius 1 is 1.62 bits per heavy atom. The van der Waals surface area contributed by atoms with Crippen LogP contribution in [-0.2, 0) is 0 Å². The fourth-order valence-corrected chi connectivity index (χ4v) is 1.22. The van der Waals surface area contributed by atoms with Crippen LogP contribution < -0.4 is 5.32 Å². The summed E-state index contributed by atoms with van der Waals surface area (Å²) in [6.07, 6.45) is 1.67. The van der Waals surface area contributed by atoms with Gasteiger partial charge in [-0.25, -0.2) is 0 Å². The predicted molar refractivity (Wildman–Crippen MR) is 48.9 cm³/mol. The molecule has 13 heavy (non-hydrogen) atoms. The molecule has 68 valence electrons. The number of nitrogens with one attached hydrogen (secondary N) is 1. The van der Waals surface area contributed by atoms with Crippen LogP contribution in [0.15, 0.2) is 18.3 Å². The van der Waals surface area contributed by atoms with Gasteiger partial charge in [0.2, 0.25) is 0 Å². The molecular formula is C8H10N4O. The normalized spacial score (nSPS) is 10.5. The van der Waals surface area contributed by atoms with E-state index in [0.717, 1.165) is 11.4 Å².